The summed E-state index contributed by atoms with van der Waals surface area (Å²) in [7, 11) is 0. The second-order valence-corrected chi connectivity index (χ2v) is 10.5. The summed E-state index contributed by atoms with van der Waals surface area (Å²) in [5, 5.41) is 7.54. The van der Waals surface area contributed by atoms with Crippen LogP contribution in [0.2, 0.25) is 0 Å². The van der Waals surface area contributed by atoms with Gasteiger partial charge in [-0.1, -0.05) is 52.3 Å². The largest absolute Gasteiger partial charge is 0.361 e. The van der Waals surface area contributed by atoms with Crippen molar-refractivity contribution in [2.75, 3.05) is 10.2 Å². The fraction of sp³-hybridized carbons (Fsp3) is 0.179. The summed E-state index contributed by atoms with van der Waals surface area (Å²) in [6, 6.07) is 22.1. The third kappa shape index (κ3) is 2.79. The van der Waals surface area contributed by atoms with E-state index in [1.165, 1.54) is 4.90 Å². The Bertz CT molecular complexity index is 1580. The monoisotopic (exact) mass is 540 g/mol. The molecule has 0 saturated carbocycles. The van der Waals surface area contributed by atoms with Gasteiger partial charge in [0.1, 0.15) is 5.54 Å². The van der Waals surface area contributed by atoms with E-state index >= 15 is 0 Å². The van der Waals surface area contributed by atoms with Crippen LogP contribution >= 0.6 is 15.9 Å². The number of aromatic amines is 1. The minimum atomic E-state index is -1.31. The molecule has 4 aromatic rings. The zero-order chi connectivity index (χ0) is 24.6. The van der Waals surface area contributed by atoms with Crippen molar-refractivity contribution in [2.45, 2.75) is 18.0 Å². The summed E-state index contributed by atoms with van der Waals surface area (Å²) in [5.41, 5.74) is 2.62. The van der Waals surface area contributed by atoms with Crippen LogP contribution in [0.4, 0.5) is 11.4 Å². The van der Waals surface area contributed by atoms with Crippen LogP contribution in [-0.2, 0) is 26.3 Å². The average Bonchev–Trinajstić information content (AvgIpc) is 3.59. The summed E-state index contributed by atoms with van der Waals surface area (Å²) >= 11 is 3.42. The molecular weight excluding hydrogens is 520 g/mol. The predicted molar refractivity (Wildman–Crippen MR) is 139 cm³/mol. The Morgan fingerprint density at radius 1 is 0.889 bits per heavy atom. The molecule has 0 unspecified atom stereocenters. The van der Waals surface area contributed by atoms with E-state index in [9.17, 15) is 14.4 Å². The van der Waals surface area contributed by atoms with Crippen LogP contribution in [0.25, 0.3) is 10.9 Å². The number of halogens is 1. The van der Waals surface area contributed by atoms with Crippen molar-refractivity contribution in [3.05, 3.63) is 94.6 Å². The molecule has 3 aromatic carbocycles. The summed E-state index contributed by atoms with van der Waals surface area (Å²) in [4.78, 5) is 46.2. The molecule has 1 spiro atoms. The number of hydrogen-bond acceptors (Lipinski definition) is 4. The van der Waals surface area contributed by atoms with Crippen molar-refractivity contribution in [3.63, 3.8) is 0 Å². The summed E-state index contributed by atoms with van der Waals surface area (Å²) in [6.07, 6.45) is 2.44. The minimum absolute atomic E-state index is 0.279. The number of para-hydroxylation sites is 2. The first-order chi connectivity index (χ1) is 17.5. The van der Waals surface area contributed by atoms with Gasteiger partial charge < -0.3 is 10.3 Å². The van der Waals surface area contributed by atoms with Crippen molar-refractivity contribution >= 4 is 55.9 Å². The Labute approximate surface area is 215 Å². The van der Waals surface area contributed by atoms with Crippen LogP contribution in [0.15, 0.2) is 83.5 Å². The highest BCUT2D eigenvalue weighted by Crippen LogP contribution is 2.54. The highest BCUT2D eigenvalue weighted by Gasteiger charge is 2.70. The standard InChI is InChI=1S/C28H21BrN4O3/c29-16-9-11-17(12-10-16)33-25(34)23-22(13-15-14-30-20-7-3-1-5-18(15)20)32-28(24(23)26(33)35)19-6-2-4-8-21(19)31-27(28)36/h1-12,14,22-24,30,32H,13H2,(H,31,36)/t22-,23+,24-,28+/m0/s1. The van der Waals surface area contributed by atoms with Gasteiger partial charge in [-0.3, -0.25) is 19.7 Å². The van der Waals surface area contributed by atoms with Gasteiger partial charge in [0.05, 0.1) is 17.5 Å². The van der Waals surface area contributed by atoms with Gasteiger partial charge in [-0.05, 0) is 48.4 Å². The molecule has 2 fully saturated rings. The zero-order valence-corrected chi connectivity index (χ0v) is 20.6. The van der Waals surface area contributed by atoms with Crippen molar-refractivity contribution < 1.29 is 14.4 Å². The number of fused-ring (bicyclic) bond motifs is 5. The first-order valence-corrected chi connectivity index (χ1v) is 12.7. The fourth-order valence-corrected chi connectivity index (χ4v) is 6.58. The van der Waals surface area contributed by atoms with Crippen molar-refractivity contribution in [1.82, 2.24) is 10.3 Å². The summed E-state index contributed by atoms with van der Waals surface area (Å²) < 4.78 is 0.852. The van der Waals surface area contributed by atoms with Crippen molar-refractivity contribution in [2.24, 2.45) is 11.8 Å². The molecule has 3 aliphatic heterocycles. The number of nitrogens with zero attached hydrogens (tertiary/aromatic N) is 1. The van der Waals surface area contributed by atoms with E-state index in [4.69, 9.17) is 0 Å². The van der Waals surface area contributed by atoms with Gasteiger partial charge in [0.25, 0.3) is 0 Å². The van der Waals surface area contributed by atoms with Gasteiger partial charge in [0.15, 0.2) is 0 Å². The number of carbonyl (C=O) groups is 3. The Morgan fingerprint density at radius 3 is 2.47 bits per heavy atom. The molecule has 1 aromatic heterocycles. The maximum absolute atomic E-state index is 14.0. The molecule has 2 saturated heterocycles. The molecular formula is C28H21BrN4O3. The van der Waals surface area contributed by atoms with E-state index in [-0.39, 0.29) is 17.7 Å². The molecule has 0 bridgehead atoms. The SMILES string of the molecule is O=C1[C@@H]2[C@H](Cc3c[nH]c4ccccc34)N[C@@]3(C(=O)Nc4ccccc43)[C@@H]2C(=O)N1c1ccc(Br)cc1. The van der Waals surface area contributed by atoms with E-state index in [2.05, 4.69) is 31.5 Å². The Balaban J connectivity index is 1.37. The van der Waals surface area contributed by atoms with Gasteiger partial charge in [0.2, 0.25) is 17.7 Å². The minimum Gasteiger partial charge on any atom is -0.361 e. The third-order valence-corrected chi connectivity index (χ3v) is 8.35. The first-order valence-electron chi connectivity index (χ1n) is 11.9. The van der Waals surface area contributed by atoms with E-state index < -0.39 is 23.4 Å². The number of aromatic nitrogens is 1. The second-order valence-electron chi connectivity index (χ2n) is 9.61. The molecule has 3 amide bonds. The van der Waals surface area contributed by atoms with Crippen molar-refractivity contribution in [1.29, 1.82) is 0 Å². The van der Waals surface area contributed by atoms with Gasteiger partial charge >= 0.3 is 0 Å². The molecule has 0 aliphatic carbocycles. The highest BCUT2D eigenvalue weighted by molar-refractivity contribution is 9.10. The molecule has 36 heavy (non-hydrogen) atoms. The zero-order valence-electron chi connectivity index (χ0n) is 19.0. The lowest BCUT2D eigenvalue weighted by atomic mass is 9.76. The molecule has 178 valence electrons. The first kappa shape index (κ1) is 21.5. The number of rotatable bonds is 3. The van der Waals surface area contributed by atoms with E-state index in [1.54, 1.807) is 24.3 Å². The number of amides is 3. The number of anilines is 2. The second kappa shape index (κ2) is 7.62. The lowest BCUT2D eigenvalue weighted by Crippen LogP contribution is -2.53. The smallest absolute Gasteiger partial charge is 0.250 e. The van der Waals surface area contributed by atoms with Crippen LogP contribution < -0.4 is 15.5 Å². The predicted octanol–water partition coefficient (Wildman–Crippen LogP) is 4.10. The molecule has 0 radical (unpaired) electrons. The quantitative estimate of drug-likeness (QED) is 0.341. The summed E-state index contributed by atoms with van der Waals surface area (Å²) in [6.45, 7) is 0. The van der Waals surface area contributed by atoms with E-state index in [0.29, 0.717) is 23.4 Å². The van der Waals surface area contributed by atoms with Crippen LogP contribution in [-0.4, -0.2) is 28.7 Å². The number of imide groups is 1. The van der Waals surface area contributed by atoms with Crippen LogP contribution in [0.1, 0.15) is 11.1 Å². The van der Waals surface area contributed by atoms with Crippen LogP contribution in [0.3, 0.4) is 0 Å². The molecule has 8 heteroatoms. The van der Waals surface area contributed by atoms with E-state index in [1.807, 2.05) is 54.7 Å². The summed E-state index contributed by atoms with van der Waals surface area (Å²) in [5.74, 6) is -2.47. The average molecular weight is 541 g/mol. The Hall–Kier alpha value is -3.75. The third-order valence-electron chi connectivity index (χ3n) is 7.82. The van der Waals surface area contributed by atoms with Gasteiger partial charge in [0, 0.05) is 38.9 Å². The topological polar surface area (TPSA) is 94.3 Å². The maximum Gasteiger partial charge on any atom is 0.250 e. The lowest BCUT2D eigenvalue weighted by Gasteiger charge is -2.29. The molecule has 7 nitrogen and oxygen atoms in total. The van der Waals surface area contributed by atoms with E-state index in [0.717, 1.165) is 20.9 Å². The maximum atomic E-state index is 14.0. The van der Waals surface area contributed by atoms with Crippen LogP contribution in [0.5, 0.6) is 0 Å². The Morgan fingerprint density at radius 2 is 1.64 bits per heavy atom. The van der Waals surface area contributed by atoms with Crippen LogP contribution in [0, 0.1) is 11.8 Å². The Kier molecular flexibility index (Phi) is 4.56. The number of H-pyrrole nitrogens is 1. The fourth-order valence-electron chi connectivity index (χ4n) is 6.32. The number of hydrogen-bond donors (Lipinski definition) is 3. The number of carbonyl (C=O) groups excluding carboxylic acids is 3. The number of nitrogens with one attached hydrogen (secondary N) is 3. The van der Waals surface area contributed by atoms with Gasteiger partial charge in [-0.15, -0.1) is 0 Å². The van der Waals surface area contributed by atoms with Gasteiger partial charge in [-0.2, -0.15) is 0 Å². The molecule has 7 rings (SSSR count). The van der Waals surface area contributed by atoms with Gasteiger partial charge in [-0.25, -0.2) is 4.90 Å². The molecule has 4 atom stereocenters. The molecule has 3 aliphatic rings. The number of benzene rings is 3. The lowest BCUT2D eigenvalue weighted by molar-refractivity contribution is -0.130. The molecule has 3 N–H and O–H groups in total. The molecule has 4 heterocycles. The van der Waals surface area contributed by atoms with Crippen molar-refractivity contribution in [3.8, 4) is 0 Å². The normalized spacial score (nSPS) is 26.6. The highest BCUT2D eigenvalue weighted by atomic mass is 79.9.